The maximum Gasteiger partial charge on any atom is 0.323 e. The van der Waals surface area contributed by atoms with Gasteiger partial charge in [-0.05, 0) is 28.2 Å². The molecule has 3 heteroatoms. The van der Waals surface area contributed by atoms with E-state index >= 15 is 0 Å². The molecular formula is C20H23NO2. The summed E-state index contributed by atoms with van der Waals surface area (Å²) in [6.07, 6.45) is 0. The summed E-state index contributed by atoms with van der Waals surface area (Å²) < 4.78 is 5.06. The number of nitrogens with zero attached hydrogens (tertiary/aromatic N) is 1. The van der Waals surface area contributed by atoms with Gasteiger partial charge in [-0.1, -0.05) is 62.4 Å². The first-order valence-electron chi connectivity index (χ1n) is 8.10. The van der Waals surface area contributed by atoms with Gasteiger partial charge in [-0.25, -0.2) is 0 Å². The van der Waals surface area contributed by atoms with E-state index in [0.717, 1.165) is 13.1 Å². The molecule has 23 heavy (non-hydrogen) atoms. The summed E-state index contributed by atoms with van der Waals surface area (Å²) in [5.74, 6) is 0.0386. The Kier molecular flexibility index (Phi) is 4.49. The second kappa shape index (κ2) is 6.55. The van der Waals surface area contributed by atoms with Gasteiger partial charge in [-0.3, -0.25) is 9.69 Å². The normalized spacial score (nSPS) is 15.5. The lowest BCUT2D eigenvalue weighted by Gasteiger charge is -2.31. The minimum Gasteiger partial charge on any atom is -0.468 e. The molecule has 1 heterocycles. The summed E-state index contributed by atoms with van der Waals surface area (Å²) in [5, 5.41) is 0. The lowest BCUT2D eigenvalue weighted by Crippen LogP contribution is -2.44. The molecule has 0 fully saturated rings. The second-order valence-corrected chi connectivity index (χ2v) is 6.43. The van der Waals surface area contributed by atoms with Crippen LogP contribution >= 0.6 is 0 Å². The smallest absolute Gasteiger partial charge is 0.323 e. The van der Waals surface area contributed by atoms with Crippen LogP contribution in [0.1, 0.15) is 25.0 Å². The van der Waals surface area contributed by atoms with Crippen LogP contribution in [0.15, 0.2) is 48.5 Å². The number of esters is 1. The van der Waals surface area contributed by atoms with Gasteiger partial charge in [0.1, 0.15) is 6.04 Å². The van der Waals surface area contributed by atoms with Crippen LogP contribution in [0.2, 0.25) is 0 Å². The standard InChI is InChI=1S/C20H23NO2/c1-14(2)19(20(22)23-3)21-12-15-8-4-6-10-17(15)18-11-7-5-9-16(18)13-21/h4-11,14,19H,12-13H2,1-3H3. The molecule has 2 aromatic carbocycles. The average molecular weight is 309 g/mol. The number of benzene rings is 2. The van der Waals surface area contributed by atoms with E-state index in [4.69, 9.17) is 4.74 Å². The fourth-order valence-electron chi connectivity index (χ4n) is 3.50. The topological polar surface area (TPSA) is 29.5 Å². The minimum atomic E-state index is -0.237. The van der Waals surface area contributed by atoms with Gasteiger partial charge in [0.25, 0.3) is 0 Å². The first-order valence-corrected chi connectivity index (χ1v) is 8.10. The summed E-state index contributed by atoms with van der Waals surface area (Å²) in [7, 11) is 1.47. The molecule has 0 spiro atoms. The third-order valence-electron chi connectivity index (χ3n) is 4.54. The lowest BCUT2D eigenvalue weighted by molar-refractivity contribution is -0.149. The molecule has 0 radical (unpaired) electrons. The molecule has 0 amide bonds. The lowest BCUT2D eigenvalue weighted by atomic mass is 9.97. The van der Waals surface area contributed by atoms with E-state index in [1.807, 2.05) is 0 Å². The fraction of sp³-hybridized carbons (Fsp3) is 0.350. The van der Waals surface area contributed by atoms with E-state index in [-0.39, 0.29) is 17.9 Å². The molecule has 0 N–H and O–H groups in total. The molecule has 0 saturated heterocycles. The second-order valence-electron chi connectivity index (χ2n) is 6.43. The van der Waals surface area contributed by atoms with Gasteiger partial charge in [-0.2, -0.15) is 0 Å². The van der Waals surface area contributed by atoms with Gasteiger partial charge in [-0.15, -0.1) is 0 Å². The van der Waals surface area contributed by atoms with E-state index in [0.29, 0.717) is 0 Å². The van der Waals surface area contributed by atoms with Crippen LogP contribution in [-0.2, 0) is 22.6 Å². The van der Waals surface area contributed by atoms with Crippen molar-refractivity contribution in [3.8, 4) is 11.1 Å². The Bertz CT molecular complexity index is 661. The van der Waals surface area contributed by atoms with Crippen LogP contribution in [0.25, 0.3) is 11.1 Å². The Morgan fingerprint density at radius 1 is 0.957 bits per heavy atom. The van der Waals surface area contributed by atoms with Crippen molar-refractivity contribution < 1.29 is 9.53 Å². The molecule has 0 aliphatic carbocycles. The third-order valence-corrected chi connectivity index (χ3v) is 4.54. The molecule has 1 unspecified atom stereocenters. The maximum absolute atomic E-state index is 12.3. The molecule has 1 aliphatic rings. The summed E-state index contributed by atoms with van der Waals surface area (Å²) in [6, 6.07) is 16.7. The van der Waals surface area contributed by atoms with E-state index < -0.39 is 0 Å². The highest BCUT2D eigenvalue weighted by Crippen LogP contribution is 2.34. The quantitative estimate of drug-likeness (QED) is 0.806. The maximum atomic E-state index is 12.3. The Morgan fingerprint density at radius 2 is 1.43 bits per heavy atom. The van der Waals surface area contributed by atoms with Crippen LogP contribution in [0.5, 0.6) is 0 Å². The molecular weight excluding hydrogens is 286 g/mol. The first-order chi connectivity index (χ1) is 11.1. The predicted octanol–water partition coefficient (Wildman–Crippen LogP) is 3.87. The zero-order valence-corrected chi connectivity index (χ0v) is 14.0. The minimum absolute atomic E-state index is 0.156. The number of carbonyl (C=O) groups is 1. The van der Waals surface area contributed by atoms with Crippen molar-refractivity contribution in [3.63, 3.8) is 0 Å². The van der Waals surface area contributed by atoms with Crippen LogP contribution in [0.4, 0.5) is 0 Å². The van der Waals surface area contributed by atoms with Crippen molar-refractivity contribution in [2.75, 3.05) is 7.11 Å². The number of fused-ring (bicyclic) bond motifs is 3. The van der Waals surface area contributed by atoms with E-state index in [1.165, 1.54) is 29.4 Å². The number of hydrogen-bond donors (Lipinski definition) is 0. The molecule has 1 aliphatic heterocycles. The highest BCUT2D eigenvalue weighted by atomic mass is 16.5. The molecule has 2 aromatic rings. The van der Waals surface area contributed by atoms with Crippen LogP contribution in [0, 0.1) is 5.92 Å². The fourth-order valence-corrected chi connectivity index (χ4v) is 3.50. The van der Waals surface area contributed by atoms with Gasteiger partial charge in [0.2, 0.25) is 0 Å². The van der Waals surface area contributed by atoms with E-state index in [2.05, 4.69) is 67.3 Å². The van der Waals surface area contributed by atoms with Crippen LogP contribution in [-0.4, -0.2) is 24.0 Å². The number of carbonyl (C=O) groups excluding carboxylic acids is 1. The Labute approximate surface area is 137 Å². The Morgan fingerprint density at radius 3 is 1.87 bits per heavy atom. The Balaban J connectivity index is 2.08. The summed E-state index contributed by atoms with van der Waals surface area (Å²) in [4.78, 5) is 14.6. The largest absolute Gasteiger partial charge is 0.468 e. The van der Waals surface area contributed by atoms with Crippen molar-refractivity contribution in [1.82, 2.24) is 4.90 Å². The SMILES string of the molecule is COC(=O)C(C(C)C)N1Cc2ccccc2-c2ccccc2C1. The molecule has 3 rings (SSSR count). The molecule has 1 atom stereocenters. The summed E-state index contributed by atoms with van der Waals surface area (Å²) in [5.41, 5.74) is 5.04. The first kappa shape index (κ1) is 15.8. The van der Waals surface area contributed by atoms with Crippen molar-refractivity contribution in [2.45, 2.75) is 33.0 Å². The van der Waals surface area contributed by atoms with Gasteiger partial charge in [0.05, 0.1) is 7.11 Å². The monoisotopic (exact) mass is 309 g/mol. The van der Waals surface area contributed by atoms with Gasteiger partial charge < -0.3 is 4.74 Å². The molecule has 0 aromatic heterocycles. The molecule has 0 bridgehead atoms. The summed E-state index contributed by atoms with van der Waals surface area (Å²) >= 11 is 0. The third kappa shape index (κ3) is 3.02. The van der Waals surface area contributed by atoms with Gasteiger partial charge >= 0.3 is 5.97 Å². The van der Waals surface area contributed by atoms with Gasteiger partial charge in [0, 0.05) is 13.1 Å². The molecule has 3 nitrogen and oxygen atoms in total. The number of hydrogen-bond acceptors (Lipinski definition) is 3. The average Bonchev–Trinajstić information content (AvgIpc) is 2.71. The zero-order valence-electron chi connectivity index (χ0n) is 14.0. The number of ether oxygens (including phenoxy) is 1. The molecule has 0 saturated carbocycles. The van der Waals surface area contributed by atoms with E-state index in [9.17, 15) is 4.79 Å². The Hall–Kier alpha value is -2.13. The number of rotatable bonds is 3. The van der Waals surface area contributed by atoms with Crippen LogP contribution < -0.4 is 0 Å². The molecule has 120 valence electrons. The van der Waals surface area contributed by atoms with Crippen molar-refractivity contribution in [1.29, 1.82) is 0 Å². The summed E-state index contributed by atoms with van der Waals surface area (Å²) in [6.45, 7) is 5.65. The zero-order chi connectivity index (χ0) is 16.4. The van der Waals surface area contributed by atoms with Crippen molar-refractivity contribution in [2.24, 2.45) is 5.92 Å². The van der Waals surface area contributed by atoms with Crippen LogP contribution in [0.3, 0.4) is 0 Å². The highest BCUT2D eigenvalue weighted by molar-refractivity contribution is 5.77. The van der Waals surface area contributed by atoms with Crippen molar-refractivity contribution in [3.05, 3.63) is 59.7 Å². The highest BCUT2D eigenvalue weighted by Gasteiger charge is 2.32. The van der Waals surface area contributed by atoms with Gasteiger partial charge in [0.15, 0.2) is 0 Å². The van der Waals surface area contributed by atoms with E-state index in [1.54, 1.807) is 0 Å². The van der Waals surface area contributed by atoms with Crippen molar-refractivity contribution >= 4 is 5.97 Å². The predicted molar refractivity (Wildman–Crippen MR) is 91.8 cm³/mol. The number of methoxy groups -OCH3 is 1.